The number of carbonyl (C=O) groups is 3. The molecule has 0 saturated carbocycles. The Morgan fingerprint density at radius 2 is 2.17 bits per heavy atom. The Bertz CT molecular complexity index is 617. The number of amides is 2. The van der Waals surface area contributed by atoms with E-state index >= 15 is 0 Å². The Balaban J connectivity index is 1.97. The molecule has 8 nitrogen and oxygen atoms in total. The molecule has 2 amide bonds. The molecule has 0 bridgehead atoms. The summed E-state index contributed by atoms with van der Waals surface area (Å²) in [7, 11) is 0. The molecule has 5 N–H and O–H groups in total. The minimum Gasteiger partial charge on any atom is -0.480 e. The van der Waals surface area contributed by atoms with Crippen molar-refractivity contribution < 1.29 is 19.5 Å². The van der Waals surface area contributed by atoms with E-state index in [4.69, 9.17) is 10.8 Å². The van der Waals surface area contributed by atoms with Crippen molar-refractivity contribution in [1.29, 1.82) is 0 Å². The van der Waals surface area contributed by atoms with Crippen molar-refractivity contribution in [1.82, 2.24) is 10.3 Å². The molecule has 1 atom stereocenters. The monoisotopic (exact) mass is 320 g/mol. The number of nitrogens with two attached hydrogens (primary N) is 1. The predicted molar refractivity (Wildman–Crippen MR) is 82.7 cm³/mol. The van der Waals surface area contributed by atoms with Crippen molar-refractivity contribution in [3.05, 3.63) is 23.4 Å². The first-order valence-corrected chi connectivity index (χ1v) is 7.49. The summed E-state index contributed by atoms with van der Waals surface area (Å²) in [6, 6.07) is 3.87. The summed E-state index contributed by atoms with van der Waals surface area (Å²) >= 11 is 0. The van der Waals surface area contributed by atoms with Gasteiger partial charge in [-0.3, -0.25) is 14.4 Å². The van der Waals surface area contributed by atoms with Gasteiger partial charge in [0.2, 0.25) is 11.8 Å². The average Bonchev–Trinajstić information content (AvgIpc) is 2.52. The maximum absolute atomic E-state index is 11.8. The third-order valence-corrected chi connectivity index (χ3v) is 3.71. The van der Waals surface area contributed by atoms with E-state index < -0.39 is 30.2 Å². The van der Waals surface area contributed by atoms with E-state index in [1.165, 1.54) is 0 Å². The number of nitrogens with zero attached hydrogens (tertiary/aromatic N) is 1. The molecule has 1 unspecified atom stereocenters. The Kier molecular flexibility index (Phi) is 5.51. The van der Waals surface area contributed by atoms with Crippen LogP contribution in [-0.4, -0.2) is 41.0 Å². The molecule has 1 aromatic heterocycles. The molecule has 124 valence electrons. The minimum absolute atomic E-state index is 0.187. The highest BCUT2D eigenvalue weighted by Crippen LogP contribution is 2.20. The minimum atomic E-state index is -1.18. The largest absolute Gasteiger partial charge is 0.480 e. The predicted octanol–water partition coefficient (Wildman–Crippen LogP) is -0.325. The molecule has 0 fully saturated rings. The summed E-state index contributed by atoms with van der Waals surface area (Å²) in [5.74, 6) is -2.84. The molecule has 8 heteroatoms. The van der Waals surface area contributed by atoms with Crippen molar-refractivity contribution >= 4 is 23.6 Å². The molecule has 0 saturated heterocycles. The van der Waals surface area contributed by atoms with E-state index in [-0.39, 0.29) is 6.42 Å². The number of carboxylic acids is 1. The van der Waals surface area contributed by atoms with Crippen LogP contribution in [0, 0.1) is 5.92 Å². The molecule has 1 aliphatic heterocycles. The second-order valence-electron chi connectivity index (χ2n) is 5.45. The molecular weight excluding hydrogens is 300 g/mol. The van der Waals surface area contributed by atoms with Crippen molar-refractivity contribution in [2.75, 3.05) is 18.4 Å². The highest BCUT2D eigenvalue weighted by atomic mass is 16.4. The fourth-order valence-corrected chi connectivity index (χ4v) is 2.49. The third kappa shape index (κ3) is 4.67. The summed E-state index contributed by atoms with van der Waals surface area (Å²) in [4.78, 5) is 38.2. The molecule has 2 rings (SSSR count). The van der Waals surface area contributed by atoms with Crippen LogP contribution in [0.4, 0.5) is 5.82 Å². The van der Waals surface area contributed by atoms with Gasteiger partial charge in [0.1, 0.15) is 18.3 Å². The standard InChI is InChI=1S/C15H20N4O4/c16-13(22)11(15(23)18-8-12(20)21)6-5-10-4-3-9-2-1-7-17-14(9)19-10/h3-4,11H,1-2,5-8H2,(H2,16,22)(H,17,19)(H,18,23)(H,20,21). The van der Waals surface area contributed by atoms with Crippen LogP contribution in [0.3, 0.4) is 0 Å². The second-order valence-corrected chi connectivity index (χ2v) is 5.45. The van der Waals surface area contributed by atoms with Gasteiger partial charge in [0, 0.05) is 12.2 Å². The van der Waals surface area contributed by atoms with Crippen molar-refractivity contribution in [2.24, 2.45) is 11.7 Å². The van der Waals surface area contributed by atoms with Crippen molar-refractivity contribution in [3.63, 3.8) is 0 Å². The number of rotatable bonds is 7. The molecule has 23 heavy (non-hydrogen) atoms. The average molecular weight is 320 g/mol. The van der Waals surface area contributed by atoms with Crippen LogP contribution in [-0.2, 0) is 27.2 Å². The van der Waals surface area contributed by atoms with Gasteiger partial charge in [0.15, 0.2) is 0 Å². The van der Waals surface area contributed by atoms with Crippen LogP contribution in [0.25, 0.3) is 0 Å². The fourth-order valence-electron chi connectivity index (χ4n) is 2.49. The van der Waals surface area contributed by atoms with Gasteiger partial charge in [-0.15, -0.1) is 0 Å². The highest BCUT2D eigenvalue weighted by molar-refractivity contribution is 6.00. The number of aliphatic carboxylic acids is 1. The first kappa shape index (κ1) is 16.7. The van der Waals surface area contributed by atoms with Gasteiger partial charge >= 0.3 is 5.97 Å². The quantitative estimate of drug-likeness (QED) is 0.508. The van der Waals surface area contributed by atoms with Crippen LogP contribution in [0.2, 0.25) is 0 Å². The van der Waals surface area contributed by atoms with Gasteiger partial charge in [-0.05, 0) is 37.3 Å². The molecule has 0 spiro atoms. The second kappa shape index (κ2) is 7.57. The smallest absolute Gasteiger partial charge is 0.322 e. The molecule has 0 aromatic carbocycles. The summed E-state index contributed by atoms with van der Waals surface area (Å²) in [5.41, 5.74) is 7.16. The number of anilines is 1. The SMILES string of the molecule is NC(=O)C(CCc1ccc2c(n1)NCCC2)C(=O)NCC(=O)O. The number of hydrogen-bond acceptors (Lipinski definition) is 5. The lowest BCUT2D eigenvalue weighted by Crippen LogP contribution is -2.41. The van der Waals surface area contributed by atoms with Gasteiger partial charge < -0.3 is 21.5 Å². The van der Waals surface area contributed by atoms with Gasteiger partial charge in [0.05, 0.1) is 0 Å². The number of carbonyl (C=O) groups excluding carboxylic acids is 2. The summed E-state index contributed by atoms with van der Waals surface area (Å²) in [6.45, 7) is 0.342. The van der Waals surface area contributed by atoms with Crippen LogP contribution >= 0.6 is 0 Å². The van der Waals surface area contributed by atoms with E-state index in [0.717, 1.165) is 36.5 Å². The molecule has 1 aromatic rings. The Morgan fingerprint density at radius 3 is 2.87 bits per heavy atom. The number of aromatic nitrogens is 1. The van der Waals surface area contributed by atoms with Gasteiger partial charge in [0.25, 0.3) is 0 Å². The number of primary amides is 1. The van der Waals surface area contributed by atoms with E-state index in [1.807, 2.05) is 12.1 Å². The van der Waals surface area contributed by atoms with Crippen LogP contribution in [0.1, 0.15) is 24.1 Å². The Hall–Kier alpha value is -2.64. The van der Waals surface area contributed by atoms with Gasteiger partial charge in [-0.1, -0.05) is 6.07 Å². The van der Waals surface area contributed by atoms with E-state index in [1.54, 1.807) is 0 Å². The van der Waals surface area contributed by atoms with Crippen LogP contribution in [0.15, 0.2) is 12.1 Å². The third-order valence-electron chi connectivity index (χ3n) is 3.71. The number of aryl methyl sites for hydroxylation is 2. The van der Waals surface area contributed by atoms with Crippen LogP contribution in [0.5, 0.6) is 0 Å². The lowest BCUT2D eigenvalue weighted by atomic mass is 9.99. The van der Waals surface area contributed by atoms with Crippen LogP contribution < -0.4 is 16.4 Å². The lowest BCUT2D eigenvalue weighted by Gasteiger charge is -2.18. The number of carboxylic acid groups (broad SMARTS) is 1. The van der Waals surface area contributed by atoms with E-state index in [0.29, 0.717) is 6.42 Å². The lowest BCUT2D eigenvalue weighted by molar-refractivity contribution is -0.140. The highest BCUT2D eigenvalue weighted by Gasteiger charge is 2.24. The van der Waals surface area contributed by atoms with Crippen molar-refractivity contribution in [3.8, 4) is 0 Å². The normalized spacial score (nSPS) is 14.3. The van der Waals surface area contributed by atoms with Crippen molar-refractivity contribution in [2.45, 2.75) is 25.7 Å². The topological polar surface area (TPSA) is 134 Å². The number of hydrogen-bond donors (Lipinski definition) is 4. The first-order valence-electron chi connectivity index (χ1n) is 7.49. The van der Waals surface area contributed by atoms with E-state index in [9.17, 15) is 14.4 Å². The van der Waals surface area contributed by atoms with Gasteiger partial charge in [-0.2, -0.15) is 0 Å². The summed E-state index contributed by atoms with van der Waals surface area (Å²) in [5, 5.41) is 14.0. The zero-order valence-corrected chi connectivity index (χ0v) is 12.7. The molecule has 0 aliphatic carbocycles. The van der Waals surface area contributed by atoms with E-state index in [2.05, 4.69) is 15.6 Å². The number of nitrogens with one attached hydrogen (secondary N) is 2. The Morgan fingerprint density at radius 1 is 1.39 bits per heavy atom. The maximum Gasteiger partial charge on any atom is 0.322 e. The zero-order chi connectivity index (χ0) is 16.8. The number of pyridine rings is 1. The molecular formula is C15H20N4O4. The van der Waals surface area contributed by atoms with Gasteiger partial charge in [-0.25, -0.2) is 4.98 Å². The zero-order valence-electron chi connectivity index (χ0n) is 12.7. The fraction of sp³-hybridized carbons (Fsp3) is 0.467. The summed E-state index contributed by atoms with van der Waals surface area (Å²) < 4.78 is 0. The molecule has 2 heterocycles. The molecule has 1 aliphatic rings. The first-order chi connectivity index (χ1) is 11.0. The number of fused-ring (bicyclic) bond motifs is 1. The Labute approximate surface area is 133 Å². The molecule has 0 radical (unpaired) electrons. The maximum atomic E-state index is 11.8. The summed E-state index contributed by atoms with van der Waals surface area (Å²) in [6.07, 6.45) is 2.65.